The molecule has 1 aliphatic heterocycles. The molecule has 1 N–H and O–H groups in total. The van der Waals surface area contributed by atoms with Gasteiger partial charge in [-0.3, -0.25) is 9.58 Å². The van der Waals surface area contributed by atoms with Crippen molar-refractivity contribution in [2.45, 2.75) is 19.7 Å². The Bertz CT molecular complexity index is 595. The van der Waals surface area contributed by atoms with Gasteiger partial charge >= 0.3 is 0 Å². The van der Waals surface area contributed by atoms with Crippen molar-refractivity contribution in [3.63, 3.8) is 0 Å². The van der Waals surface area contributed by atoms with Crippen LogP contribution in [0.15, 0.2) is 30.5 Å². The van der Waals surface area contributed by atoms with E-state index in [-0.39, 0.29) is 6.61 Å². The van der Waals surface area contributed by atoms with Crippen LogP contribution in [0.25, 0.3) is 0 Å². The lowest BCUT2D eigenvalue weighted by Gasteiger charge is -2.19. The molecule has 1 aromatic heterocycles. The van der Waals surface area contributed by atoms with E-state index in [1.807, 2.05) is 42.2 Å². The molecule has 20 heavy (non-hydrogen) atoms. The van der Waals surface area contributed by atoms with Gasteiger partial charge in [-0.05, 0) is 23.8 Å². The molecule has 0 amide bonds. The van der Waals surface area contributed by atoms with Gasteiger partial charge in [-0.15, -0.1) is 0 Å². The van der Waals surface area contributed by atoms with Gasteiger partial charge in [0.1, 0.15) is 12.4 Å². The van der Waals surface area contributed by atoms with E-state index >= 15 is 0 Å². The summed E-state index contributed by atoms with van der Waals surface area (Å²) in [6, 6.07) is 7.93. The molecule has 0 fully saturated rings. The van der Waals surface area contributed by atoms with Gasteiger partial charge in [0.25, 0.3) is 0 Å². The summed E-state index contributed by atoms with van der Waals surface area (Å²) in [6.07, 6.45) is 1.82. The van der Waals surface area contributed by atoms with E-state index in [0.29, 0.717) is 6.61 Å². The van der Waals surface area contributed by atoms with Crippen molar-refractivity contribution in [2.24, 2.45) is 7.05 Å². The number of benzene rings is 1. The molecule has 0 saturated carbocycles. The summed E-state index contributed by atoms with van der Waals surface area (Å²) < 4.78 is 7.68. The maximum Gasteiger partial charge on any atom is 0.123 e. The molecule has 2 heterocycles. The number of aryl methyl sites for hydroxylation is 1. The van der Waals surface area contributed by atoms with Gasteiger partial charge < -0.3 is 9.84 Å². The van der Waals surface area contributed by atoms with E-state index < -0.39 is 0 Å². The molecule has 0 radical (unpaired) electrons. The van der Waals surface area contributed by atoms with E-state index in [2.05, 4.69) is 10.00 Å². The van der Waals surface area contributed by atoms with Crippen LogP contribution in [-0.2, 0) is 26.7 Å². The molecule has 2 aromatic rings. The zero-order chi connectivity index (χ0) is 13.9. The van der Waals surface area contributed by atoms with Crippen LogP contribution in [0, 0.1) is 0 Å². The monoisotopic (exact) mass is 273 g/mol. The minimum Gasteiger partial charge on any atom is -0.492 e. The van der Waals surface area contributed by atoms with Crippen molar-refractivity contribution in [2.75, 3.05) is 13.2 Å². The Morgan fingerprint density at radius 1 is 1.35 bits per heavy atom. The second kappa shape index (κ2) is 5.64. The Hall–Kier alpha value is -1.85. The quantitative estimate of drug-likeness (QED) is 0.916. The molecule has 0 unspecified atom stereocenters. The maximum atomic E-state index is 9.25. The Morgan fingerprint density at radius 2 is 2.25 bits per heavy atom. The van der Waals surface area contributed by atoms with Crippen LogP contribution >= 0.6 is 0 Å². The summed E-state index contributed by atoms with van der Waals surface area (Å²) in [6.45, 7) is 3.31. The molecule has 1 aromatic carbocycles. The number of hydrogen-bond acceptors (Lipinski definition) is 4. The molecule has 0 aliphatic carbocycles. The molecular weight excluding hydrogens is 254 g/mol. The lowest BCUT2D eigenvalue weighted by atomic mass is 10.1. The largest absolute Gasteiger partial charge is 0.492 e. The first-order valence-corrected chi connectivity index (χ1v) is 6.81. The number of nitrogens with zero attached hydrogens (tertiary/aromatic N) is 3. The van der Waals surface area contributed by atoms with Crippen molar-refractivity contribution in [3.8, 4) is 5.75 Å². The summed E-state index contributed by atoms with van der Waals surface area (Å²) >= 11 is 0. The van der Waals surface area contributed by atoms with Gasteiger partial charge in [-0.1, -0.05) is 6.07 Å². The van der Waals surface area contributed by atoms with Gasteiger partial charge in [0.2, 0.25) is 0 Å². The van der Waals surface area contributed by atoms with Crippen LogP contribution in [0.1, 0.15) is 16.8 Å². The number of hydrogen-bond donors (Lipinski definition) is 1. The van der Waals surface area contributed by atoms with Crippen molar-refractivity contribution >= 4 is 0 Å². The first-order valence-electron chi connectivity index (χ1n) is 6.81. The highest BCUT2D eigenvalue weighted by atomic mass is 16.5. The smallest absolute Gasteiger partial charge is 0.123 e. The lowest BCUT2D eigenvalue weighted by molar-refractivity contribution is 0.215. The number of fused-ring (bicyclic) bond motifs is 1. The highest BCUT2D eigenvalue weighted by molar-refractivity contribution is 5.37. The number of aromatic nitrogens is 2. The van der Waals surface area contributed by atoms with Crippen LogP contribution in [0.5, 0.6) is 5.75 Å². The fourth-order valence-electron chi connectivity index (χ4n) is 2.52. The lowest BCUT2D eigenvalue weighted by Crippen LogP contribution is -2.26. The van der Waals surface area contributed by atoms with Crippen molar-refractivity contribution in [1.82, 2.24) is 14.7 Å². The van der Waals surface area contributed by atoms with Gasteiger partial charge in [-0.25, -0.2) is 0 Å². The summed E-state index contributed by atoms with van der Waals surface area (Å²) in [7, 11) is 1.96. The fraction of sp³-hybridized carbons (Fsp3) is 0.400. The van der Waals surface area contributed by atoms with Gasteiger partial charge in [0.15, 0.2) is 0 Å². The third kappa shape index (κ3) is 2.69. The summed E-state index contributed by atoms with van der Waals surface area (Å²) in [5.74, 6) is 0.926. The normalized spacial score (nSPS) is 15.5. The molecule has 5 heteroatoms. The van der Waals surface area contributed by atoms with E-state index in [0.717, 1.165) is 36.5 Å². The second-order valence-corrected chi connectivity index (χ2v) is 5.11. The third-order valence-electron chi connectivity index (χ3n) is 3.67. The average Bonchev–Trinajstić information content (AvgIpc) is 2.74. The minimum absolute atomic E-state index is 0.0645. The van der Waals surface area contributed by atoms with E-state index in [1.165, 1.54) is 5.69 Å². The van der Waals surface area contributed by atoms with Gasteiger partial charge in [0.05, 0.1) is 12.3 Å². The molecule has 3 rings (SSSR count). The SMILES string of the molecule is Cn1nccc1CN1CCOc2ccc(CO)cc2C1. The zero-order valence-corrected chi connectivity index (χ0v) is 11.6. The first-order chi connectivity index (χ1) is 9.76. The Morgan fingerprint density at radius 3 is 3.00 bits per heavy atom. The Labute approximate surface area is 118 Å². The average molecular weight is 273 g/mol. The summed E-state index contributed by atoms with van der Waals surface area (Å²) in [5, 5.41) is 13.5. The van der Waals surface area contributed by atoms with Crippen LogP contribution in [0.2, 0.25) is 0 Å². The highest BCUT2D eigenvalue weighted by Crippen LogP contribution is 2.25. The third-order valence-corrected chi connectivity index (χ3v) is 3.67. The van der Waals surface area contributed by atoms with E-state index in [4.69, 9.17) is 4.74 Å². The Balaban J connectivity index is 1.79. The van der Waals surface area contributed by atoms with Crippen LogP contribution < -0.4 is 4.74 Å². The minimum atomic E-state index is 0.0645. The van der Waals surface area contributed by atoms with Crippen LogP contribution in [0.3, 0.4) is 0 Å². The predicted octanol–water partition coefficient (Wildman–Crippen LogP) is 1.31. The first kappa shape index (κ1) is 13.1. The van der Waals surface area contributed by atoms with Gasteiger partial charge in [-0.2, -0.15) is 5.10 Å². The number of aliphatic hydroxyl groups is 1. The van der Waals surface area contributed by atoms with Crippen molar-refractivity contribution in [3.05, 3.63) is 47.3 Å². The second-order valence-electron chi connectivity index (χ2n) is 5.11. The molecule has 106 valence electrons. The highest BCUT2D eigenvalue weighted by Gasteiger charge is 2.16. The number of aliphatic hydroxyl groups excluding tert-OH is 1. The zero-order valence-electron chi connectivity index (χ0n) is 11.6. The predicted molar refractivity (Wildman–Crippen MR) is 75.2 cm³/mol. The molecule has 1 aliphatic rings. The van der Waals surface area contributed by atoms with Crippen LogP contribution in [0.4, 0.5) is 0 Å². The van der Waals surface area contributed by atoms with Crippen molar-refractivity contribution < 1.29 is 9.84 Å². The number of rotatable bonds is 3. The molecule has 0 bridgehead atoms. The van der Waals surface area contributed by atoms with Crippen molar-refractivity contribution in [1.29, 1.82) is 0 Å². The van der Waals surface area contributed by atoms with E-state index in [1.54, 1.807) is 0 Å². The number of ether oxygens (including phenoxy) is 1. The van der Waals surface area contributed by atoms with E-state index in [9.17, 15) is 5.11 Å². The maximum absolute atomic E-state index is 9.25. The molecule has 5 nitrogen and oxygen atoms in total. The molecule has 0 atom stereocenters. The standard InChI is InChI=1S/C15H19N3O2/c1-17-14(4-5-16-17)10-18-6-7-20-15-3-2-12(11-19)8-13(15)9-18/h2-5,8,19H,6-7,9-11H2,1H3. The Kier molecular flexibility index (Phi) is 3.71. The molecule has 0 saturated heterocycles. The van der Waals surface area contributed by atoms with Gasteiger partial charge in [0, 0.05) is 38.4 Å². The molecule has 0 spiro atoms. The fourth-order valence-corrected chi connectivity index (χ4v) is 2.52. The molecular formula is C15H19N3O2. The summed E-state index contributed by atoms with van der Waals surface area (Å²) in [5.41, 5.74) is 3.25. The van der Waals surface area contributed by atoms with Crippen LogP contribution in [-0.4, -0.2) is 32.9 Å². The topological polar surface area (TPSA) is 50.5 Å². The summed E-state index contributed by atoms with van der Waals surface area (Å²) in [4.78, 5) is 2.34.